The molecule has 0 unspecified atom stereocenters. The first-order valence-corrected chi connectivity index (χ1v) is 6.93. The van der Waals surface area contributed by atoms with Gasteiger partial charge in [-0.05, 0) is 49.7 Å². The first-order chi connectivity index (χ1) is 10.8. The summed E-state index contributed by atoms with van der Waals surface area (Å²) in [6, 6.07) is 9.81. The number of ether oxygens (including phenoxy) is 1. The zero-order chi connectivity index (χ0) is 17.0. The monoisotopic (exact) mass is 323 g/mol. The molecule has 6 heteroatoms. The van der Waals surface area contributed by atoms with Crippen LogP contribution in [0, 0.1) is 13.8 Å². The molecule has 23 heavy (non-hydrogen) atoms. The lowest BCUT2D eigenvalue weighted by Gasteiger charge is -2.11. The molecule has 0 saturated carbocycles. The van der Waals surface area contributed by atoms with Crippen molar-refractivity contribution in [3.63, 3.8) is 0 Å². The number of amides is 1. The summed E-state index contributed by atoms with van der Waals surface area (Å²) in [6.07, 6.45) is -4.39. The van der Waals surface area contributed by atoms with Crippen LogP contribution < -0.4 is 10.1 Å². The second-order valence-corrected chi connectivity index (χ2v) is 5.18. The molecule has 0 heterocycles. The van der Waals surface area contributed by atoms with Gasteiger partial charge in [-0.25, -0.2) is 0 Å². The summed E-state index contributed by atoms with van der Waals surface area (Å²) < 4.78 is 42.5. The van der Waals surface area contributed by atoms with E-state index in [0.717, 1.165) is 23.3 Å². The van der Waals surface area contributed by atoms with Crippen LogP contribution in [0.3, 0.4) is 0 Å². The third-order valence-corrected chi connectivity index (χ3v) is 3.21. The number of hydrogen-bond donors (Lipinski definition) is 1. The van der Waals surface area contributed by atoms with Crippen molar-refractivity contribution in [3.05, 3.63) is 59.2 Å². The number of rotatable bonds is 4. The zero-order valence-electron chi connectivity index (χ0n) is 12.7. The summed E-state index contributed by atoms with van der Waals surface area (Å²) in [6.45, 7) is 3.55. The average molecular weight is 323 g/mol. The lowest BCUT2D eigenvalue weighted by atomic mass is 10.1. The lowest BCUT2D eigenvalue weighted by Crippen LogP contribution is -2.20. The first-order valence-electron chi connectivity index (χ1n) is 6.93. The Morgan fingerprint density at radius 3 is 2.30 bits per heavy atom. The van der Waals surface area contributed by atoms with Crippen LogP contribution in [0.1, 0.15) is 16.7 Å². The molecule has 0 fully saturated rings. The van der Waals surface area contributed by atoms with Crippen molar-refractivity contribution in [2.75, 3.05) is 11.9 Å². The molecule has 122 valence electrons. The number of alkyl halides is 3. The number of halogens is 3. The van der Waals surface area contributed by atoms with E-state index in [1.165, 1.54) is 12.1 Å². The molecule has 0 aliphatic heterocycles. The van der Waals surface area contributed by atoms with E-state index >= 15 is 0 Å². The van der Waals surface area contributed by atoms with Crippen LogP contribution in [0.2, 0.25) is 0 Å². The maximum atomic E-state index is 12.4. The highest BCUT2D eigenvalue weighted by molar-refractivity contribution is 5.92. The van der Waals surface area contributed by atoms with Crippen molar-refractivity contribution in [2.24, 2.45) is 0 Å². The van der Waals surface area contributed by atoms with Crippen LogP contribution in [0.4, 0.5) is 18.9 Å². The lowest BCUT2D eigenvalue weighted by molar-refractivity contribution is -0.137. The van der Waals surface area contributed by atoms with E-state index in [1.807, 2.05) is 26.0 Å². The van der Waals surface area contributed by atoms with Crippen molar-refractivity contribution in [1.29, 1.82) is 0 Å². The fourth-order valence-corrected chi connectivity index (χ4v) is 2.03. The average Bonchev–Trinajstić information content (AvgIpc) is 2.47. The third kappa shape index (κ3) is 4.74. The number of nitrogens with one attached hydrogen (secondary N) is 1. The van der Waals surface area contributed by atoms with Gasteiger partial charge in [0.05, 0.1) is 5.56 Å². The number of aryl methyl sites for hydroxylation is 2. The van der Waals surface area contributed by atoms with Gasteiger partial charge in [0, 0.05) is 5.69 Å². The molecule has 0 bridgehead atoms. The van der Waals surface area contributed by atoms with E-state index in [0.29, 0.717) is 5.69 Å². The number of hydrogen-bond acceptors (Lipinski definition) is 2. The second kappa shape index (κ2) is 6.73. The summed E-state index contributed by atoms with van der Waals surface area (Å²) >= 11 is 0. The minimum absolute atomic E-state index is 0.203. The SMILES string of the molecule is Cc1ccc(NC(=O)COc2ccc(C(F)(F)F)cc2)c(C)c1. The van der Waals surface area contributed by atoms with Gasteiger partial charge in [0.2, 0.25) is 0 Å². The molecule has 0 radical (unpaired) electrons. The summed E-state index contributed by atoms with van der Waals surface area (Å²) in [5.74, 6) is -0.175. The van der Waals surface area contributed by atoms with Gasteiger partial charge in [0.1, 0.15) is 5.75 Å². The van der Waals surface area contributed by atoms with Crippen LogP contribution in [-0.4, -0.2) is 12.5 Å². The molecule has 1 amide bonds. The van der Waals surface area contributed by atoms with E-state index in [4.69, 9.17) is 4.74 Å². The van der Waals surface area contributed by atoms with Crippen molar-refractivity contribution in [3.8, 4) is 5.75 Å². The first kappa shape index (κ1) is 16.9. The Morgan fingerprint density at radius 1 is 1.09 bits per heavy atom. The minimum Gasteiger partial charge on any atom is -0.484 e. The van der Waals surface area contributed by atoms with Gasteiger partial charge in [-0.15, -0.1) is 0 Å². The van der Waals surface area contributed by atoms with E-state index in [9.17, 15) is 18.0 Å². The summed E-state index contributed by atoms with van der Waals surface area (Å²) in [5, 5.41) is 2.70. The van der Waals surface area contributed by atoms with Crippen molar-refractivity contribution < 1.29 is 22.7 Å². The van der Waals surface area contributed by atoms with Gasteiger partial charge in [-0.1, -0.05) is 17.7 Å². The van der Waals surface area contributed by atoms with E-state index in [-0.39, 0.29) is 18.3 Å². The van der Waals surface area contributed by atoms with Crippen LogP contribution in [0.5, 0.6) is 5.75 Å². The minimum atomic E-state index is -4.39. The number of carbonyl (C=O) groups excluding carboxylic acids is 1. The number of carbonyl (C=O) groups is 1. The molecular weight excluding hydrogens is 307 g/mol. The van der Waals surface area contributed by atoms with Crippen LogP contribution in [0.25, 0.3) is 0 Å². The van der Waals surface area contributed by atoms with Crippen molar-refractivity contribution in [1.82, 2.24) is 0 Å². The largest absolute Gasteiger partial charge is 0.484 e. The number of benzene rings is 2. The maximum Gasteiger partial charge on any atom is 0.416 e. The third-order valence-electron chi connectivity index (χ3n) is 3.21. The highest BCUT2D eigenvalue weighted by Gasteiger charge is 2.30. The highest BCUT2D eigenvalue weighted by Crippen LogP contribution is 2.30. The molecule has 2 aromatic rings. The van der Waals surface area contributed by atoms with E-state index in [1.54, 1.807) is 6.07 Å². The zero-order valence-corrected chi connectivity index (χ0v) is 12.7. The normalized spacial score (nSPS) is 11.2. The molecule has 1 N–H and O–H groups in total. The van der Waals surface area contributed by atoms with Gasteiger partial charge in [0.25, 0.3) is 5.91 Å². The van der Waals surface area contributed by atoms with Crippen LogP contribution in [-0.2, 0) is 11.0 Å². The van der Waals surface area contributed by atoms with Crippen molar-refractivity contribution in [2.45, 2.75) is 20.0 Å². The Bertz CT molecular complexity index is 694. The molecule has 0 atom stereocenters. The predicted molar refractivity (Wildman–Crippen MR) is 81.5 cm³/mol. The summed E-state index contributed by atoms with van der Waals surface area (Å²) in [4.78, 5) is 11.8. The molecule has 0 aliphatic rings. The molecule has 2 aromatic carbocycles. The quantitative estimate of drug-likeness (QED) is 0.909. The molecule has 0 aliphatic carbocycles. The van der Waals surface area contributed by atoms with E-state index < -0.39 is 11.7 Å². The Kier molecular flexibility index (Phi) is 4.93. The Hall–Kier alpha value is -2.50. The Morgan fingerprint density at radius 2 is 1.74 bits per heavy atom. The molecule has 2 rings (SSSR count). The molecule has 3 nitrogen and oxygen atoms in total. The Balaban J connectivity index is 1.91. The van der Waals surface area contributed by atoms with E-state index in [2.05, 4.69) is 5.32 Å². The predicted octanol–water partition coefficient (Wildman–Crippen LogP) is 4.34. The van der Waals surface area contributed by atoms with Gasteiger partial charge >= 0.3 is 6.18 Å². The fourth-order valence-electron chi connectivity index (χ4n) is 2.03. The second-order valence-electron chi connectivity index (χ2n) is 5.18. The summed E-state index contributed by atoms with van der Waals surface area (Å²) in [7, 11) is 0. The topological polar surface area (TPSA) is 38.3 Å². The maximum absolute atomic E-state index is 12.4. The molecular formula is C17H16F3NO2. The molecule has 0 spiro atoms. The van der Waals surface area contributed by atoms with Crippen molar-refractivity contribution >= 4 is 11.6 Å². The Labute approximate surface area is 132 Å². The highest BCUT2D eigenvalue weighted by atomic mass is 19.4. The van der Waals surface area contributed by atoms with Gasteiger partial charge in [-0.2, -0.15) is 13.2 Å². The van der Waals surface area contributed by atoms with Crippen LogP contribution >= 0.6 is 0 Å². The standard InChI is InChI=1S/C17H16F3NO2/c1-11-3-8-15(12(2)9-11)21-16(22)10-23-14-6-4-13(5-7-14)17(18,19)20/h3-9H,10H2,1-2H3,(H,21,22). The van der Waals surface area contributed by atoms with Gasteiger partial charge in [0.15, 0.2) is 6.61 Å². The van der Waals surface area contributed by atoms with Gasteiger partial charge in [-0.3, -0.25) is 4.79 Å². The van der Waals surface area contributed by atoms with Crippen LogP contribution in [0.15, 0.2) is 42.5 Å². The summed E-state index contributed by atoms with van der Waals surface area (Å²) in [5.41, 5.74) is 1.93. The smallest absolute Gasteiger partial charge is 0.416 e. The van der Waals surface area contributed by atoms with Gasteiger partial charge < -0.3 is 10.1 Å². The molecule has 0 aromatic heterocycles. The number of anilines is 1. The fraction of sp³-hybridized carbons (Fsp3) is 0.235. The molecule has 0 saturated heterocycles.